The van der Waals surface area contributed by atoms with Crippen LogP contribution in [-0.2, 0) is 6.54 Å². The number of nitrogens with one attached hydrogen (secondary N) is 1. The van der Waals surface area contributed by atoms with Gasteiger partial charge in [-0.15, -0.1) is 0 Å². The van der Waals surface area contributed by atoms with E-state index in [4.69, 9.17) is 22.1 Å². The molecule has 0 aromatic heterocycles. The van der Waals surface area contributed by atoms with Crippen molar-refractivity contribution in [2.24, 2.45) is 5.73 Å². The number of hydrogen-bond acceptors (Lipinski definition) is 3. The van der Waals surface area contributed by atoms with Crippen molar-refractivity contribution in [1.29, 1.82) is 0 Å². The average Bonchev–Trinajstić information content (AvgIpc) is 2.41. The number of primary amides is 1. The topological polar surface area (TPSA) is 64.3 Å². The van der Waals surface area contributed by atoms with E-state index in [0.29, 0.717) is 28.6 Å². The minimum atomic E-state index is -0.553. The first-order chi connectivity index (χ1) is 9.61. The Bertz CT molecular complexity index is 629. The predicted octanol–water partition coefficient (Wildman–Crippen LogP) is 2.95. The Balaban J connectivity index is 2.39. The molecule has 0 bridgehead atoms. The van der Waals surface area contributed by atoms with E-state index < -0.39 is 5.91 Å². The lowest BCUT2D eigenvalue weighted by Crippen LogP contribution is -2.12. The molecule has 3 N–H and O–H groups in total. The highest BCUT2D eigenvalue weighted by molar-refractivity contribution is 6.30. The molecule has 0 aliphatic rings. The Labute approximate surface area is 122 Å². The maximum atomic E-state index is 11.4. The van der Waals surface area contributed by atoms with E-state index >= 15 is 0 Å². The van der Waals surface area contributed by atoms with Crippen LogP contribution < -0.4 is 15.8 Å². The van der Waals surface area contributed by atoms with Crippen molar-refractivity contribution >= 4 is 17.5 Å². The Morgan fingerprint density at radius 1 is 1.25 bits per heavy atom. The molecule has 0 unspecified atom stereocenters. The highest BCUT2D eigenvalue weighted by Gasteiger charge is 2.12. The van der Waals surface area contributed by atoms with E-state index in [1.165, 1.54) is 0 Å². The summed E-state index contributed by atoms with van der Waals surface area (Å²) in [7, 11) is 1.85. The van der Waals surface area contributed by atoms with Crippen LogP contribution >= 0.6 is 11.6 Å². The number of para-hydroxylation sites is 1. The zero-order valence-electron chi connectivity index (χ0n) is 11.0. The molecule has 0 saturated carbocycles. The van der Waals surface area contributed by atoms with Crippen LogP contribution in [-0.4, -0.2) is 13.0 Å². The largest absolute Gasteiger partial charge is 0.456 e. The summed E-state index contributed by atoms with van der Waals surface area (Å²) < 4.78 is 5.81. The summed E-state index contributed by atoms with van der Waals surface area (Å²) in [5, 5.41) is 3.54. The van der Waals surface area contributed by atoms with Gasteiger partial charge in [0.1, 0.15) is 11.5 Å². The Morgan fingerprint density at radius 2 is 2.00 bits per heavy atom. The first kappa shape index (κ1) is 14.4. The van der Waals surface area contributed by atoms with Crippen molar-refractivity contribution in [3.8, 4) is 11.5 Å². The predicted molar refractivity (Wildman–Crippen MR) is 79.2 cm³/mol. The summed E-state index contributed by atoms with van der Waals surface area (Å²) in [6, 6.07) is 12.3. The van der Waals surface area contributed by atoms with E-state index in [-0.39, 0.29) is 0 Å². The van der Waals surface area contributed by atoms with Crippen molar-refractivity contribution in [2.75, 3.05) is 7.05 Å². The molecule has 2 rings (SSSR count). The molecule has 0 radical (unpaired) electrons. The number of carbonyl (C=O) groups excluding carboxylic acids is 1. The second kappa shape index (κ2) is 6.41. The molecular weight excluding hydrogens is 276 g/mol. The standard InChI is InChI=1S/C15H15ClN2O2/c1-18-9-10-4-2-3-5-13(10)20-14-8-11(16)6-7-12(14)15(17)19/h2-8,18H,9H2,1H3,(H2,17,19). The molecule has 20 heavy (non-hydrogen) atoms. The van der Waals surface area contributed by atoms with Gasteiger partial charge in [-0.2, -0.15) is 0 Å². The molecule has 4 nitrogen and oxygen atoms in total. The molecule has 0 spiro atoms. The van der Waals surface area contributed by atoms with Crippen LogP contribution in [0.25, 0.3) is 0 Å². The quantitative estimate of drug-likeness (QED) is 0.890. The van der Waals surface area contributed by atoms with Crippen molar-refractivity contribution in [3.05, 3.63) is 58.6 Å². The van der Waals surface area contributed by atoms with Gasteiger partial charge in [0.15, 0.2) is 0 Å². The number of nitrogens with two attached hydrogens (primary N) is 1. The van der Waals surface area contributed by atoms with Crippen LogP contribution in [0.1, 0.15) is 15.9 Å². The third kappa shape index (κ3) is 3.29. The van der Waals surface area contributed by atoms with Crippen LogP contribution in [0.3, 0.4) is 0 Å². The summed E-state index contributed by atoms with van der Waals surface area (Å²) in [4.78, 5) is 11.4. The highest BCUT2D eigenvalue weighted by atomic mass is 35.5. The number of benzene rings is 2. The number of carbonyl (C=O) groups is 1. The molecule has 0 fully saturated rings. The second-order valence-electron chi connectivity index (χ2n) is 4.24. The van der Waals surface area contributed by atoms with Crippen molar-refractivity contribution in [1.82, 2.24) is 5.32 Å². The molecule has 0 atom stereocenters. The normalized spacial score (nSPS) is 10.3. The number of hydrogen-bond donors (Lipinski definition) is 2. The Hall–Kier alpha value is -2.04. The van der Waals surface area contributed by atoms with Crippen LogP contribution in [0.2, 0.25) is 5.02 Å². The fourth-order valence-electron chi connectivity index (χ4n) is 1.84. The molecule has 0 aliphatic carbocycles. The molecule has 2 aromatic carbocycles. The molecular formula is C15H15ClN2O2. The van der Waals surface area contributed by atoms with E-state index in [9.17, 15) is 4.79 Å². The van der Waals surface area contributed by atoms with Gasteiger partial charge in [-0.25, -0.2) is 0 Å². The smallest absolute Gasteiger partial charge is 0.252 e. The van der Waals surface area contributed by atoms with E-state index in [0.717, 1.165) is 5.56 Å². The van der Waals surface area contributed by atoms with Crippen LogP contribution in [0.4, 0.5) is 0 Å². The van der Waals surface area contributed by atoms with Gasteiger partial charge in [-0.1, -0.05) is 29.8 Å². The summed E-state index contributed by atoms with van der Waals surface area (Å²) >= 11 is 5.94. The first-order valence-electron chi connectivity index (χ1n) is 6.11. The van der Waals surface area contributed by atoms with Crippen molar-refractivity contribution in [3.63, 3.8) is 0 Å². The Kier molecular flexibility index (Phi) is 4.61. The molecule has 0 heterocycles. The lowest BCUT2D eigenvalue weighted by Gasteiger charge is -2.13. The molecule has 1 amide bonds. The zero-order valence-corrected chi connectivity index (χ0v) is 11.8. The fourth-order valence-corrected chi connectivity index (χ4v) is 2.00. The number of rotatable bonds is 5. The maximum absolute atomic E-state index is 11.4. The number of halogens is 1. The fraction of sp³-hybridized carbons (Fsp3) is 0.133. The second-order valence-corrected chi connectivity index (χ2v) is 4.68. The highest BCUT2D eigenvalue weighted by Crippen LogP contribution is 2.30. The lowest BCUT2D eigenvalue weighted by molar-refractivity contribution is 0.0998. The number of ether oxygens (including phenoxy) is 1. The molecule has 2 aromatic rings. The van der Waals surface area contributed by atoms with E-state index in [1.807, 2.05) is 31.3 Å². The van der Waals surface area contributed by atoms with Crippen LogP contribution in [0.5, 0.6) is 11.5 Å². The van der Waals surface area contributed by atoms with Crippen LogP contribution in [0.15, 0.2) is 42.5 Å². The van der Waals surface area contributed by atoms with Gasteiger partial charge < -0.3 is 15.8 Å². The molecule has 104 valence electrons. The minimum absolute atomic E-state index is 0.300. The van der Waals surface area contributed by atoms with Crippen molar-refractivity contribution in [2.45, 2.75) is 6.54 Å². The monoisotopic (exact) mass is 290 g/mol. The summed E-state index contributed by atoms with van der Waals surface area (Å²) in [6.45, 7) is 0.655. The minimum Gasteiger partial charge on any atom is -0.456 e. The summed E-state index contributed by atoms with van der Waals surface area (Å²) in [5.41, 5.74) is 6.62. The van der Waals surface area contributed by atoms with Crippen molar-refractivity contribution < 1.29 is 9.53 Å². The van der Waals surface area contributed by atoms with E-state index in [2.05, 4.69) is 5.32 Å². The summed E-state index contributed by atoms with van der Waals surface area (Å²) in [5.74, 6) is 0.461. The zero-order chi connectivity index (χ0) is 14.5. The number of amides is 1. The third-order valence-electron chi connectivity index (χ3n) is 2.77. The van der Waals surface area contributed by atoms with Crippen LogP contribution in [0, 0.1) is 0 Å². The molecule has 0 saturated heterocycles. The third-order valence-corrected chi connectivity index (χ3v) is 3.00. The molecule has 0 aliphatic heterocycles. The van der Waals surface area contributed by atoms with Gasteiger partial charge >= 0.3 is 0 Å². The van der Waals surface area contributed by atoms with Gasteiger partial charge in [-0.05, 0) is 25.2 Å². The van der Waals surface area contributed by atoms with Gasteiger partial charge in [0, 0.05) is 23.2 Å². The summed E-state index contributed by atoms with van der Waals surface area (Å²) in [6.07, 6.45) is 0. The van der Waals surface area contributed by atoms with E-state index in [1.54, 1.807) is 18.2 Å². The Morgan fingerprint density at radius 3 is 2.70 bits per heavy atom. The SMILES string of the molecule is CNCc1ccccc1Oc1cc(Cl)ccc1C(N)=O. The average molecular weight is 291 g/mol. The lowest BCUT2D eigenvalue weighted by atomic mass is 10.1. The van der Waals surface area contributed by atoms with Gasteiger partial charge in [0.25, 0.3) is 5.91 Å². The van der Waals surface area contributed by atoms with Gasteiger partial charge in [-0.3, -0.25) is 4.79 Å². The maximum Gasteiger partial charge on any atom is 0.252 e. The van der Waals surface area contributed by atoms with Gasteiger partial charge in [0.05, 0.1) is 5.56 Å². The first-order valence-corrected chi connectivity index (χ1v) is 6.49. The van der Waals surface area contributed by atoms with Gasteiger partial charge in [0.2, 0.25) is 0 Å². The molecule has 5 heteroatoms.